The summed E-state index contributed by atoms with van der Waals surface area (Å²) in [4.78, 5) is 2.80. The summed E-state index contributed by atoms with van der Waals surface area (Å²) in [6.45, 7) is 1.27. The van der Waals surface area contributed by atoms with Crippen LogP contribution in [0.15, 0.2) is 11.1 Å². The molecule has 0 radical (unpaired) electrons. The Morgan fingerprint density at radius 1 is 1.47 bits per heavy atom. The van der Waals surface area contributed by atoms with Gasteiger partial charge in [-0.1, -0.05) is 0 Å². The van der Waals surface area contributed by atoms with E-state index in [-0.39, 0.29) is 11.4 Å². The van der Waals surface area contributed by atoms with Crippen LogP contribution in [0.2, 0.25) is 0 Å². The Kier molecular flexibility index (Phi) is 2.91. The fourth-order valence-electron chi connectivity index (χ4n) is 1.16. The molecule has 0 aromatic carbocycles. The van der Waals surface area contributed by atoms with Crippen LogP contribution in [0.4, 0.5) is 14.6 Å². The van der Waals surface area contributed by atoms with Gasteiger partial charge in [0, 0.05) is 11.8 Å². The summed E-state index contributed by atoms with van der Waals surface area (Å²) in [6, 6.07) is 0. The van der Waals surface area contributed by atoms with E-state index in [9.17, 15) is 17.2 Å². The van der Waals surface area contributed by atoms with Crippen LogP contribution in [0, 0.1) is 6.92 Å². The van der Waals surface area contributed by atoms with Gasteiger partial charge in [0.25, 0.3) is 6.43 Å². The van der Waals surface area contributed by atoms with E-state index in [1.807, 2.05) is 0 Å². The van der Waals surface area contributed by atoms with Crippen LogP contribution in [0.3, 0.4) is 0 Å². The summed E-state index contributed by atoms with van der Waals surface area (Å²) in [5.41, 5.74) is 4.52. The number of nitrogens with two attached hydrogens (primary N) is 2. The maximum absolute atomic E-state index is 12.5. The normalized spacial score (nSPS) is 12.1. The first-order valence-corrected chi connectivity index (χ1v) is 5.35. The van der Waals surface area contributed by atoms with Gasteiger partial charge in [-0.15, -0.1) is 0 Å². The maximum atomic E-state index is 12.5. The van der Waals surface area contributed by atoms with Crippen molar-refractivity contribution in [3.8, 4) is 0 Å². The first-order valence-electron chi connectivity index (χ1n) is 3.81. The van der Waals surface area contributed by atoms with Crippen molar-refractivity contribution < 1.29 is 17.2 Å². The van der Waals surface area contributed by atoms with E-state index in [2.05, 4.69) is 4.98 Å². The molecule has 0 aliphatic rings. The second-order valence-corrected chi connectivity index (χ2v) is 4.40. The smallest absolute Gasteiger partial charge is 0.266 e. The quantitative estimate of drug-likeness (QED) is 0.784. The van der Waals surface area contributed by atoms with Gasteiger partial charge in [0.2, 0.25) is 10.0 Å². The van der Waals surface area contributed by atoms with Crippen LogP contribution in [0.1, 0.15) is 17.6 Å². The third-order valence-electron chi connectivity index (χ3n) is 1.85. The minimum Gasteiger partial charge on any atom is -0.383 e. The molecule has 5 nitrogen and oxygen atoms in total. The van der Waals surface area contributed by atoms with Crippen LogP contribution in [-0.2, 0) is 10.0 Å². The molecular formula is C7H9F2N3O2S. The number of nitrogens with zero attached hydrogens (tertiary/aromatic N) is 1. The van der Waals surface area contributed by atoms with Crippen LogP contribution in [0.25, 0.3) is 0 Å². The Hall–Kier alpha value is -1.28. The Bertz CT molecular complexity index is 487. The minimum atomic E-state index is -4.23. The van der Waals surface area contributed by atoms with Crippen molar-refractivity contribution in [1.29, 1.82) is 0 Å². The zero-order valence-corrected chi connectivity index (χ0v) is 8.55. The SMILES string of the molecule is Cc1c(N)ncc(C(F)F)c1S(N)(=O)=O. The second kappa shape index (κ2) is 3.70. The summed E-state index contributed by atoms with van der Waals surface area (Å²) in [5.74, 6) is -0.136. The Labute approximate surface area is 85.2 Å². The lowest BCUT2D eigenvalue weighted by atomic mass is 10.2. The fourth-order valence-corrected chi connectivity index (χ4v) is 2.16. The molecule has 0 aliphatic heterocycles. The van der Waals surface area contributed by atoms with Gasteiger partial charge in [-0.3, -0.25) is 0 Å². The molecule has 1 aromatic rings. The number of rotatable bonds is 2. The number of aromatic nitrogens is 1. The molecule has 15 heavy (non-hydrogen) atoms. The van der Waals surface area contributed by atoms with E-state index in [4.69, 9.17) is 10.9 Å². The molecule has 4 N–H and O–H groups in total. The topological polar surface area (TPSA) is 99.1 Å². The van der Waals surface area contributed by atoms with E-state index in [0.29, 0.717) is 6.20 Å². The highest BCUT2D eigenvalue weighted by atomic mass is 32.2. The molecule has 0 saturated carbocycles. The second-order valence-electron chi connectivity index (χ2n) is 2.90. The Balaban J connectivity index is 3.65. The van der Waals surface area contributed by atoms with Crippen molar-refractivity contribution in [2.24, 2.45) is 5.14 Å². The number of pyridine rings is 1. The first-order chi connectivity index (χ1) is 6.75. The van der Waals surface area contributed by atoms with E-state index in [1.54, 1.807) is 0 Å². The first kappa shape index (κ1) is 11.8. The lowest BCUT2D eigenvalue weighted by Gasteiger charge is -2.10. The van der Waals surface area contributed by atoms with Crippen LogP contribution in [-0.4, -0.2) is 13.4 Å². The molecule has 0 unspecified atom stereocenters. The van der Waals surface area contributed by atoms with Gasteiger partial charge in [0.1, 0.15) is 5.82 Å². The van der Waals surface area contributed by atoms with Crippen molar-refractivity contribution in [3.63, 3.8) is 0 Å². The van der Waals surface area contributed by atoms with Gasteiger partial charge in [0.15, 0.2) is 0 Å². The van der Waals surface area contributed by atoms with Crippen LogP contribution < -0.4 is 10.9 Å². The van der Waals surface area contributed by atoms with Crippen molar-refractivity contribution in [3.05, 3.63) is 17.3 Å². The predicted octanol–water partition coefficient (Wildman–Crippen LogP) is 0.557. The molecule has 0 saturated heterocycles. The van der Waals surface area contributed by atoms with Gasteiger partial charge in [-0.25, -0.2) is 27.3 Å². The number of sulfonamides is 1. The highest BCUT2D eigenvalue weighted by molar-refractivity contribution is 7.89. The van der Waals surface area contributed by atoms with Gasteiger partial charge >= 0.3 is 0 Å². The summed E-state index contributed by atoms with van der Waals surface area (Å²) < 4.78 is 47.1. The molecule has 1 aromatic heterocycles. The zero-order valence-electron chi connectivity index (χ0n) is 7.74. The molecule has 84 valence electrons. The largest absolute Gasteiger partial charge is 0.383 e. The average Bonchev–Trinajstić information content (AvgIpc) is 2.06. The summed E-state index contributed by atoms with van der Waals surface area (Å²) in [7, 11) is -4.23. The molecule has 0 aliphatic carbocycles. The van der Waals surface area contributed by atoms with E-state index in [1.165, 1.54) is 6.92 Å². The van der Waals surface area contributed by atoms with Crippen LogP contribution >= 0.6 is 0 Å². The Morgan fingerprint density at radius 3 is 2.40 bits per heavy atom. The molecule has 0 bridgehead atoms. The molecule has 1 heterocycles. The molecule has 0 spiro atoms. The summed E-state index contributed by atoms with van der Waals surface area (Å²) in [6.07, 6.45) is -2.25. The number of hydrogen-bond donors (Lipinski definition) is 2. The van der Waals surface area contributed by atoms with Crippen molar-refractivity contribution in [2.75, 3.05) is 5.73 Å². The summed E-state index contributed by atoms with van der Waals surface area (Å²) in [5, 5.41) is 4.82. The fraction of sp³-hybridized carbons (Fsp3) is 0.286. The molecular weight excluding hydrogens is 228 g/mol. The average molecular weight is 237 g/mol. The van der Waals surface area contributed by atoms with Gasteiger partial charge in [-0.2, -0.15) is 0 Å². The van der Waals surface area contributed by atoms with Gasteiger partial charge in [-0.05, 0) is 6.92 Å². The molecule has 0 fully saturated rings. The monoisotopic (exact) mass is 237 g/mol. The van der Waals surface area contributed by atoms with E-state index >= 15 is 0 Å². The minimum absolute atomic E-state index is 0.0599. The lowest BCUT2D eigenvalue weighted by Crippen LogP contribution is -2.18. The number of nitrogen functional groups attached to an aromatic ring is 1. The highest BCUT2D eigenvalue weighted by Crippen LogP contribution is 2.29. The highest BCUT2D eigenvalue weighted by Gasteiger charge is 2.24. The number of primary sulfonamides is 1. The Morgan fingerprint density at radius 2 is 2.00 bits per heavy atom. The number of alkyl halides is 2. The third-order valence-corrected chi connectivity index (χ3v) is 2.96. The molecule has 0 amide bonds. The number of hydrogen-bond acceptors (Lipinski definition) is 4. The maximum Gasteiger partial charge on any atom is 0.266 e. The zero-order chi connectivity index (χ0) is 11.8. The van der Waals surface area contributed by atoms with E-state index in [0.717, 1.165) is 0 Å². The van der Waals surface area contributed by atoms with Gasteiger partial charge < -0.3 is 5.73 Å². The number of halogens is 2. The standard InChI is InChI=1S/C7H9F2N3O2S/c1-3-5(15(11,13)14)4(6(8)9)2-12-7(3)10/h2,6H,1H3,(H2,10,12)(H2,11,13,14). The predicted molar refractivity (Wildman–Crippen MR) is 49.7 cm³/mol. The molecule has 8 heteroatoms. The molecule has 1 rings (SSSR count). The summed E-state index contributed by atoms with van der Waals surface area (Å²) >= 11 is 0. The lowest BCUT2D eigenvalue weighted by molar-refractivity contribution is 0.147. The van der Waals surface area contributed by atoms with Crippen molar-refractivity contribution in [2.45, 2.75) is 18.2 Å². The number of anilines is 1. The third kappa shape index (κ3) is 2.21. The van der Waals surface area contributed by atoms with Crippen molar-refractivity contribution >= 4 is 15.8 Å². The van der Waals surface area contributed by atoms with E-state index < -0.39 is 26.9 Å². The van der Waals surface area contributed by atoms with Crippen LogP contribution in [0.5, 0.6) is 0 Å². The van der Waals surface area contributed by atoms with Crippen molar-refractivity contribution in [1.82, 2.24) is 4.98 Å². The van der Waals surface area contributed by atoms with Gasteiger partial charge in [0.05, 0.1) is 10.5 Å². The molecule has 0 atom stereocenters.